The normalized spacial score (nSPS) is 25.7. The summed E-state index contributed by atoms with van der Waals surface area (Å²) in [5.41, 5.74) is -0.598. The van der Waals surface area contributed by atoms with E-state index in [1.165, 1.54) is 10.8 Å². The minimum Gasteiger partial charge on any atom is -0.394 e. The third-order valence-corrected chi connectivity index (χ3v) is 13.0. The van der Waals surface area contributed by atoms with Crippen molar-refractivity contribution in [1.29, 1.82) is 0 Å². The molecular formula is C21H34N2O5Si. The lowest BCUT2D eigenvalue weighted by molar-refractivity contribution is -0.121. The zero-order valence-electron chi connectivity index (χ0n) is 18.5. The number of hydrogen-bond acceptors (Lipinski definition) is 5. The minimum absolute atomic E-state index is 0.110. The van der Waals surface area contributed by atoms with E-state index in [9.17, 15) is 19.5 Å². The number of nitrogens with one attached hydrogen (secondary N) is 1. The van der Waals surface area contributed by atoms with Crippen molar-refractivity contribution in [3.8, 4) is 0 Å². The quantitative estimate of drug-likeness (QED) is 0.542. The van der Waals surface area contributed by atoms with E-state index in [0.717, 1.165) is 6.42 Å². The molecule has 1 aromatic rings. The number of ketones is 1. The molecule has 3 atom stereocenters. The maximum absolute atomic E-state index is 12.9. The van der Waals surface area contributed by atoms with Gasteiger partial charge >= 0.3 is 5.69 Å². The van der Waals surface area contributed by atoms with Gasteiger partial charge in [0.1, 0.15) is 13.4 Å². The molecule has 0 aromatic carbocycles. The highest BCUT2D eigenvalue weighted by Crippen LogP contribution is 2.53. The van der Waals surface area contributed by atoms with Gasteiger partial charge in [-0.1, -0.05) is 46.9 Å². The van der Waals surface area contributed by atoms with Crippen LogP contribution in [0.5, 0.6) is 0 Å². The first-order chi connectivity index (χ1) is 13.3. The third kappa shape index (κ3) is 3.98. The van der Waals surface area contributed by atoms with Crippen LogP contribution in [0.3, 0.4) is 0 Å². The Morgan fingerprint density at radius 3 is 2.55 bits per heavy atom. The lowest BCUT2D eigenvalue weighted by Crippen LogP contribution is -2.64. The summed E-state index contributed by atoms with van der Waals surface area (Å²) in [6, 6.07) is 0. The SMILES string of the molecule is CCC=CC(=O)[C@H]1C[C@@](n2cc(C)c(=O)[nH]c2=O)([Si](C)(C)C(C)(C)C)O[C@@H]1CO. The Morgan fingerprint density at radius 1 is 1.41 bits per heavy atom. The van der Waals surface area contributed by atoms with Gasteiger partial charge in [0.15, 0.2) is 5.78 Å². The van der Waals surface area contributed by atoms with Crippen LogP contribution in [0.2, 0.25) is 18.1 Å². The molecule has 1 aliphatic heterocycles. The molecule has 8 heteroatoms. The summed E-state index contributed by atoms with van der Waals surface area (Å²) in [5, 5.41) is 8.73. The number of H-pyrrole nitrogens is 1. The van der Waals surface area contributed by atoms with E-state index in [1.54, 1.807) is 19.1 Å². The van der Waals surface area contributed by atoms with Crippen molar-refractivity contribution in [1.82, 2.24) is 9.55 Å². The Labute approximate surface area is 172 Å². The van der Waals surface area contributed by atoms with E-state index in [0.29, 0.717) is 5.56 Å². The molecule has 0 amide bonds. The van der Waals surface area contributed by atoms with E-state index in [2.05, 4.69) is 38.8 Å². The molecule has 29 heavy (non-hydrogen) atoms. The van der Waals surface area contributed by atoms with Crippen LogP contribution in [-0.2, 0) is 14.9 Å². The molecule has 1 fully saturated rings. The van der Waals surface area contributed by atoms with E-state index >= 15 is 0 Å². The summed E-state index contributed by atoms with van der Waals surface area (Å²) in [6.07, 6.45) is 5.17. The number of carbonyl (C=O) groups excluding carboxylic acids is 1. The first-order valence-electron chi connectivity index (χ1n) is 10.1. The van der Waals surface area contributed by atoms with Crippen molar-refractivity contribution in [2.24, 2.45) is 5.92 Å². The molecule has 1 saturated heterocycles. The number of allylic oxidation sites excluding steroid dienone is 2. The molecule has 2 N–H and O–H groups in total. The van der Waals surface area contributed by atoms with E-state index in [1.807, 2.05) is 6.92 Å². The van der Waals surface area contributed by atoms with Crippen LogP contribution in [-0.4, -0.2) is 41.2 Å². The Hall–Kier alpha value is -1.77. The number of rotatable bonds is 6. The maximum Gasteiger partial charge on any atom is 0.330 e. The lowest BCUT2D eigenvalue weighted by atomic mass is 9.95. The van der Waals surface area contributed by atoms with Gasteiger partial charge in [0.05, 0.1) is 18.6 Å². The van der Waals surface area contributed by atoms with E-state index < -0.39 is 36.7 Å². The van der Waals surface area contributed by atoms with Gasteiger partial charge < -0.3 is 9.84 Å². The van der Waals surface area contributed by atoms with Crippen LogP contribution in [0, 0.1) is 12.8 Å². The van der Waals surface area contributed by atoms with Crippen molar-refractivity contribution < 1.29 is 14.6 Å². The summed E-state index contributed by atoms with van der Waals surface area (Å²) in [6.45, 7) is 13.8. The number of aromatic amines is 1. The van der Waals surface area contributed by atoms with Crippen LogP contribution >= 0.6 is 0 Å². The summed E-state index contributed by atoms with van der Waals surface area (Å²) in [4.78, 5) is 40.1. The maximum atomic E-state index is 12.9. The minimum atomic E-state index is -2.48. The molecule has 1 aliphatic rings. The summed E-state index contributed by atoms with van der Waals surface area (Å²) in [5.74, 6) is -0.670. The Morgan fingerprint density at radius 2 is 2.03 bits per heavy atom. The first kappa shape index (κ1) is 23.5. The fourth-order valence-electron chi connectivity index (χ4n) is 3.90. The molecule has 162 valence electrons. The fraction of sp³-hybridized carbons (Fsp3) is 0.667. The van der Waals surface area contributed by atoms with Crippen molar-refractivity contribution in [3.05, 3.63) is 44.8 Å². The first-order valence-corrected chi connectivity index (χ1v) is 13.1. The van der Waals surface area contributed by atoms with Crippen molar-refractivity contribution in [3.63, 3.8) is 0 Å². The second kappa shape index (κ2) is 8.16. The van der Waals surface area contributed by atoms with E-state index in [-0.39, 0.29) is 23.8 Å². The number of aromatic nitrogens is 2. The molecule has 1 aromatic heterocycles. The molecule has 0 spiro atoms. The van der Waals surface area contributed by atoms with Crippen LogP contribution in [0.1, 0.15) is 46.1 Å². The summed E-state index contributed by atoms with van der Waals surface area (Å²) in [7, 11) is -2.48. The van der Waals surface area contributed by atoms with Gasteiger partial charge in [0, 0.05) is 18.2 Å². The zero-order valence-corrected chi connectivity index (χ0v) is 19.5. The van der Waals surface area contributed by atoms with Crippen molar-refractivity contribution in [2.45, 2.75) is 77.0 Å². The lowest BCUT2D eigenvalue weighted by Gasteiger charge is -2.50. The number of aliphatic hydroxyl groups excluding tert-OH is 1. The molecule has 2 heterocycles. The fourth-order valence-corrected chi connectivity index (χ4v) is 7.01. The average molecular weight is 423 g/mol. The van der Waals surface area contributed by atoms with Gasteiger partial charge in [-0.2, -0.15) is 0 Å². The molecular weight excluding hydrogens is 388 g/mol. The number of hydrogen-bond donors (Lipinski definition) is 2. The third-order valence-electron chi connectivity index (χ3n) is 6.72. The summed E-state index contributed by atoms with van der Waals surface area (Å²) >= 11 is 0. The highest BCUT2D eigenvalue weighted by Gasteiger charge is 2.62. The predicted molar refractivity (Wildman–Crippen MR) is 116 cm³/mol. The monoisotopic (exact) mass is 422 g/mol. The molecule has 2 rings (SSSR count). The van der Waals surface area contributed by atoms with Gasteiger partial charge in [0.2, 0.25) is 0 Å². The largest absolute Gasteiger partial charge is 0.394 e. The standard InChI is InChI=1S/C21H34N2O5Si/c1-8-9-10-16(25)15-11-21(28-17(15)13-24,29(6,7)20(3,4)5)23-12-14(2)18(26)22-19(23)27/h9-10,12,15,17,24H,8,11,13H2,1-7H3,(H,22,26,27)/t15-,17-,21+/m1/s1. The molecule has 7 nitrogen and oxygen atoms in total. The second-order valence-corrected chi connectivity index (χ2v) is 15.0. The van der Waals surface area contributed by atoms with Crippen LogP contribution in [0.25, 0.3) is 0 Å². The topological polar surface area (TPSA) is 101 Å². The predicted octanol–water partition coefficient (Wildman–Crippen LogP) is 2.48. The zero-order chi connectivity index (χ0) is 22.2. The smallest absolute Gasteiger partial charge is 0.330 e. The average Bonchev–Trinajstić information content (AvgIpc) is 3.03. The van der Waals surface area contributed by atoms with Crippen LogP contribution in [0.4, 0.5) is 0 Å². The Balaban J connectivity index is 2.76. The van der Waals surface area contributed by atoms with Crippen LogP contribution in [0.15, 0.2) is 27.9 Å². The Kier molecular flexibility index (Phi) is 6.61. The van der Waals surface area contributed by atoms with Crippen molar-refractivity contribution >= 4 is 13.9 Å². The van der Waals surface area contributed by atoms with Gasteiger partial charge in [-0.3, -0.25) is 19.1 Å². The second-order valence-electron chi connectivity index (χ2n) is 9.46. The number of ether oxygens (including phenoxy) is 1. The van der Waals surface area contributed by atoms with E-state index in [4.69, 9.17) is 4.74 Å². The summed E-state index contributed by atoms with van der Waals surface area (Å²) < 4.78 is 7.94. The van der Waals surface area contributed by atoms with Gasteiger partial charge in [0.25, 0.3) is 5.56 Å². The van der Waals surface area contributed by atoms with Gasteiger partial charge in [-0.25, -0.2) is 4.79 Å². The molecule has 0 saturated carbocycles. The highest BCUT2D eigenvalue weighted by molar-refractivity contribution is 6.81. The van der Waals surface area contributed by atoms with Crippen molar-refractivity contribution in [2.75, 3.05) is 6.61 Å². The molecule has 0 aliphatic carbocycles. The number of aliphatic hydroxyl groups is 1. The number of aryl methyl sites for hydroxylation is 1. The molecule has 0 radical (unpaired) electrons. The molecule has 0 unspecified atom stereocenters. The van der Waals surface area contributed by atoms with Crippen LogP contribution < -0.4 is 11.2 Å². The Bertz CT molecular complexity index is 909. The number of carbonyl (C=O) groups is 1. The molecule has 0 bridgehead atoms. The number of nitrogens with zero attached hydrogens (tertiary/aromatic N) is 1. The van der Waals surface area contributed by atoms with Gasteiger partial charge in [-0.05, 0) is 24.5 Å². The highest BCUT2D eigenvalue weighted by atomic mass is 28.3. The van der Waals surface area contributed by atoms with Gasteiger partial charge in [-0.15, -0.1) is 0 Å².